The van der Waals surface area contributed by atoms with E-state index in [0.29, 0.717) is 24.4 Å². The molecular weight excluding hydrogens is 604 g/mol. The molecule has 2 aliphatic rings. The number of nitrogens with two attached hydrogens (primary N) is 2. The van der Waals surface area contributed by atoms with Crippen LogP contribution in [0.1, 0.15) is 39.9 Å². The summed E-state index contributed by atoms with van der Waals surface area (Å²) in [5.74, 6) is 0. The van der Waals surface area contributed by atoms with Gasteiger partial charge in [-0.25, -0.2) is 8.42 Å². The lowest BCUT2D eigenvalue weighted by molar-refractivity contribution is 0.401. The van der Waals surface area contributed by atoms with E-state index in [9.17, 15) is 8.42 Å². The number of aryl methyl sites for hydroxylation is 1. The maximum Gasteiger partial charge on any atom is 0.243 e. The average Bonchev–Trinajstić information content (AvgIpc) is 3.13. The Morgan fingerprint density at radius 3 is 2.08 bits per heavy atom. The first-order valence-corrected chi connectivity index (χ1v) is 15.0. The third kappa shape index (κ3) is 6.45. The fourth-order valence-electron chi connectivity index (χ4n) is 4.63. The molecule has 0 saturated heterocycles. The number of sulfonamides is 1. The van der Waals surface area contributed by atoms with Crippen molar-refractivity contribution in [2.24, 2.45) is 11.5 Å². The first kappa shape index (κ1) is 27.4. The lowest BCUT2D eigenvalue weighted by atomic mass is 10.0. The highest BCUT2D eigenvalue weighted by Gasteiger charge is 2.29. The molecule has 0 amide bonds. The van der Waals surface area contributed by atoms with Crippen LogP contribution in [-0.2, 0) is 22.9 Å². The van der Waals surface area contributed by atoms with Gasteiger partial charge in [0, 0.05) is 40.7 Å². The monoisotopic (exact) mass is 634 g/mol. The minimum atomic E-state index is -3.52. The van der Waals surface area contributed by atoms with E-state index in [1.165, 1.54) is 15.4 Å². The molecule has 2 aliphatic heterocycles. The summed E-state index contributed by atoms with van der Waals surface area (Å²) in [6.07, 6.45) is 1.73. The molecule has 2 atom stereocenters. The van der Waals surface area contributed by atoms with Gasteiger partial charge in [-0.1, -0.05) is 61.7 Å². The van der Waals surface area contributed by atoms with Crippen molar-refractivity contribution in [2.45, 2.75) is 36.7 Å². The number of hydrogen-bond acceptors (Lipinski definition) is 5. The summed E-state index contributed by atoms with van der Waals surface area (Å²) < 4.78 is 29.4. The SMILES string of the molecule is Cc1ccc(S(=O)(=O)N2CCc3cc(Br)ccc3C(N)C2)cc1.NC1CNCCc2cc(Br)ccc21. The van der Waals surface area contributed by atoms with Crippen LogP contribution < -0.4 is 16.8 Å². The number of nitrogens with zero attached hydrogens (tertiary/aromatic N) is 1. The highest BCUT2D eigenvalue weighted by atomic mass is 79.9. The Bertz CT molecular complexity index is 1320. The Hall–Kier alpha value is -1.59. The van der Waals surface area contributed by atoms with Gasteiger partial charge < -0.3 is 16.8 Å². The summed E-state index contributed by atoms with van der Waals surface area (Å²) in [7, 11) is -3.52. The van der Waals surface area contributed by atoms with Gasteiger partial charge in [-0.2, -0.15) is 4.31 Å². The maximum absolute atomic E-state index is 12.9. The molecule has 3 aromatic rings. The molecule has 9 heteroatoms. The van der Waals surface area contributed by atoms with Gasteiger partial charge in [0.1, 0.15) is 0 Å². The van der Waals surface area contributed by atoms with Crippen LogP contribution in [0.25, 0.3) is 0 Å². The molecule has 2 heterocycles. The molecule has 5 rings (SSSR count). The van der Waals surface area contributed by atoms with Crippen LogP contribution in [0.4, 0.5) is 0 Å². The van der Waals surface area contributed by atoms with Crippen LogP contribution in [-0.4, -0.2) is 38.9 Å². The molecule has 0 aromatic heterocycles. The van der Waals surface area contributed by atoms with E-state index < -0.39 is 10.0 Å². The molecule has 0 fully saturated rings. The summed E-state index contributed by atoms with van der Waals surface area (Å²) in [4.78, 5) is 0.322. The van der Waals surface area contributed by atoms with Crippen molar-refractivity contribution >= 4 is 41.9 Å². The zero-order valence-electron chi connectivity index (χ0n) is 20.3. The Morgan fingerprint density at radius 1 is 0.861 bits per heavy atom. The lowest BCUT2D eigenvalue weighted by Crippen LogP contribution is -2.36. The fourth-order valence-corrected chi connectivity index (χ4v) is 6.91. The molecule has 0 spiro atoms. The number of rotatable bonds is 2. The van der Waals surface area contributed by atoms with E-state index in [0.717, 1.165) is 45.1 Å². The van der Waals surface area contributed by atoms with Gasteiger partial charge in [0.05, 0.1) is 4.90 Å². The molecule has 6 nitrogen and oxygen atoms in total. The molecule has 0 saturated carbocycles. The van der Waals surface area contributed by atoms with Gasteiger partial charge in [-0.15, -0.1) is 0 Å². The maximum atomic E-state index is 12.9. The quantitative estimate of drug-likeness (QED) is 0.382. The Balaban J connectivity index is 0.000000197. The summed E-state index contributed by atoms with van der Waals surface area (Å²) >= 11 is 6.94. The van der Waals surface area contributed by atoms with Gasteiger partial charge in [-0.05, 0) is 85.0 Å². The molecule has 0 radical (unpaired) electrons. The normalized spacial score (nSPS) is 20.2. The number of benzene rings is 3. The van der Waals surface area contributed by atoms with Gasteiger partial charge in [0.15, 0.2) is 0 Å². The van der Waals surface area contributed by atoms with Crippen LogP contribution in [0.15, 0.2) is 74.5 Å². The topological polar surface area (TPSA) is 101 Å². The van der Waals surface area contributed by atoms with Crippen molar-refractivity contribution in [1.82, 2.24) is 9.62 Å². The van der Waals surface area contributed by atoms with E-state index in [2.05, 4.69) is 55.4 Å². The predicted molar refractivity (Wildman–Crippen MR) is 152 cm³/mol. The standard InChI is InChI=1S/C17H19BrN2O2S.C10H13BrN2/c1-12-2-5-15(6-3-12)23(21,22)20-9-8-13-10-14(18)4-7-16(13)17(19)11-20;11-8-1-2-9-7(5-8)3-4-13-6-10(9)12/h2-7,10,17H,8-9,11,19H2,1H3;1-2,5,10,13H,3-4,6,12H2. The summed E-state index contributed by atoms with van der Waals surface area (Å²) in [5.41, 5.74) is 18.1. The molecule has 192 valence electrons. The van der Waals surface area contributed by atoms with Crippen LogP contribution in [0.3, 0.4) is 0 Å². The Morgan fingerprint density at radius 2 is 1.44 bits per heavy atom. The highest BCUT2D eigenvalue weighted by molar-refractivity contribution is 9.10. The molecule has 5 N–H and O–H groups in total. The Kier molecular flexibility index (Phi) is 9.04. The molecule has 36 heavy (non-hydrogen) atoms. The van der Waals surface area contributed by atoms with Crippen LogP contribution in [0, 0.1) is 6.92 Å². The van der Waals surface area contributed by atoms with Crippen molar-refractivity contribution in [1.29, 1.82) is 0 Å². The summed E-state index contributed by atoms with van der Waals surface area (Å²) in [6, 6.07) is 19.1. The van der Waals surface area contributed by atoms with Crippen molar-refractivity contribution in [3.05, 3.63) is 97.4 Å². The van der Waals surface area contributed by atoms with Gasteiger partial charge in [0.2, 0.25) is 10.0 Å². The van der Waals surface area contributed by atoms with Crippen molar-refractivity contribution < 1.29 is 8.42 Å². The van der Waals surface area contributed by atoms with Crippen molar-refractivity contribution in [3.63, 3.8) is 0 Å². The second-order valence-corrected chi connectivity index (χ2v) is 13.0. The number of nitrogens with one attached hydrogen (secondary N) is 1. The minimum absolute atomic E-state index is 0.144. The fraction of sp³-hybridized carbons (Fsp3) is 0.333. The molecule has 2 unspecified atom stereocenters. The summed E-state index contributed by atoms with van der Waals surface area (Å²) in [5, 5.41) is 3.32. The highest BCUT2D eigenvalue weighted by Crippen LogP contribution is 2.28. The summed E-state index contributed by atoms with van der Waals surface area (Å²) in [6.45, 7) is 4.58. The van der Waals surface area contributed by atoms with E-state index in [-0.39, 0.29) is 12.1 Å². The van der Waals surface area contributed by atoms with Gasteiger partial charge in [0.25, 0.3) is 0 Å². The van der Waals surface area contributed by atoms with E-state index in [4.69, 9.17) is 11.5 Å². The molecular formula is C27H32Br2N4O2S. The lowest BCUT2D eigenvalue weighted by Gasteiger charge is -2.22. The van der Waals surface area contributed by atoms with Crippen molar-refractivity contribution in [3.8, 4) is 0 Å². The van der Waals surface area contributed by atoms with E-state index >= 15 is 0 Å². The molecule has 0 bridgehead atoms. The largest absolute Gasteiger partial charge is 0.323 e. The second kappa shape index (κ2) is 11.9. The molecule has 3 aromatic carbocycles. The van der Waals surface area contributed by atoms with Gasteiger partial charge >= 0.3 is 0 Å². The number of fused-ring (bicyclic) bond motifs is 2. The van der Waals surface area contributed by atoms with Crippen LogP contribution >= 0.6 is 31.9 Å². The van der Waals surface area contributed by atoms with E-state index in [1.54, 1.807) is 12.1 Å². The van der Waals surface area contributed by atoms with Crippen molar-refractivity contribution in [2.75, 3.05) is 26.2 Å². The first-order chi connectivity index (χ1) is 17.1. The first-order valence-electron chi connectivity index (χ1n) is 12.0. The third-order valence-corrected chi connectivity index (χ3v) is 9.50. The third-order valence-electron chi connectivity index (χ3n) is 6.63. The van der Waals surface area contributed by atoms with Crippen LogP contribution in [0.5, 0.6) is 0 Å². The average molecular weight is 636 g/mol. The zero-order chi connectivity index (χ0) is 25.9. The van der Waals surface area contributed by atoms with Gasteiger partial charge in [-0.3, -0.25) is 0 Å². The van der Waals surface area contributed by atoms with E-state index in [1.807, 2.05) is 37.3 Å². The number of halogens is 2. The predicted octanol–water partition coefficient (Wildman–Crippen LogP) is 4.60. The minimum Gasteiger partial charge on any atom is -0.323 e. The smallest absolute Gasteiger partial charge is 0.243 e. The zero-order valence-corrected chi connectivity index (χ0v) is 24.2. The second-order valence-electron chi connectivity index (χ2n) is 9.28. The van der Waals surface area contributed by atoms with Crippen LogP contribution in [0.2, 0.25) is 0 Å². The Labute approximate surface area is 230 Å². The number of hydrogen-bond donors (Lipinski definition) is 3. The molecule has 0 aliphatic carbocycles.